The molecule has 12 heterocycles. The molecule has 9 aliphatic rings. The summed E-state index contributed by atoms with van der Waals surface area (Å²) in [5.41, 5.74) is 8.85. The molecule has 1 saturated carbocycles. The van der Waals surface area contributed by atoms with E-state index in [2.05, 4.69) is 45.7 Å². The quantitative estimate of drug-likeness (QED) is 0.0876. The van der Waals surface area contributed by atoms with Crippen molar-refractivity contribution in [1.82, 2.24) is 78.8 Å². The summed E-state index contributed by atoms with van der Waals surface area (Å²) in [4.78, 5) is 74.8. The first-order chi connectivity index (χ1) is 57.5. The Labute approximate surface area is 704 Å². The van der Waals surface area contributed by atoms with Gasteiger partial charge in [0, 0.05) is 163 Å². The third-order valence-corrected chi connectivity index (χ3v) is 28.4. The Morgan fingerprint density at radius 1 is 0.430 bits per heavy atom. The van der Waals surface area contributed by atoms with E-state index in [4.69, 9.17) is 23.2 Å². The van der Waals surface area contributed by atoms with E-state index in [0.717, 1.165) is 108 Å². The zero-order valence-electron chi connectivity index (χ0n) is 67.3. The van der Waals surface area contributed by atoms with Crippen LogP contribution in [0.5, 0.6) is 0 Å². The van der Waals surface area contributed by atoms with E-state index < -0.39 is 61.1 Å². The Morgan fingerprint density at radius 2 is 0.826 bits per heavy atom. The highest BCUT2D eigenvalue weighted by Gasteiger charge is 2.42. The van der Waals surface area contributed by atoms with Gasteiger partial charge in [0.15, 0.2) is 22.8 Å². The van der Waals surface area contributed by atoms with Crippen molar-refractivity contribution in [2.75, 3.05) is 91.0 Å². The number of aromatic amines is 4. The van der Waals surface area contributed by atoms with Crippen LogP contribution < -0.4 is 0 Å². The van der Waals surface area contributed by atoms with E-state index in [0.29, 0.717) is 150 Å². The maximum Gasteiger partial charge on any atom is 0.416 e. The van der Waals surface area contributed by atoms with Gasteiger partial charge in [-0.15, -0.1) is 0 Å². The highest BCUT2D eigenvalue weighted by molar-refractivity contribution is 7.88. The van der Waals surface area contributed by atoms with Gasteiger partial charge in [0.2, 0.25) is 26.0 Å². The molecule has 650 valence electrons. The Bertz CT molecular complexity index is 5430. The number of nitrogens with zero attached hydrogens (tertiary/aromatic N) is 12. The summed E-state index contributed by atoms with van der Waals surface area (Å²) in [6, 6.07) is 17.6. The second kappa shape index (κ2) is 36.3. The number of aromatic nitrogens is 8. The second-order valence-corrected chi connectivity index (χ2v) is 37.4. The van der Waals surface area contributed by atoms with Gasteiger partial charge < -0.3 is 24.5 Å². The van der Waals surface area contributed by atoms with Crippen molar-refractivity contribution in [2.45, 2.75) is 178 Å². The predicted octanol–water partition coefficient (Wildman–Crippen LogP) is 13.2. The van der Waals surface area contributed by atoms with Crippen LogP contribution in [0, 0.1) is 24.4 Å². The fourth-order valence-corrected chi connectivity index (χ4v) is 20.2. The summed E-state index contributed by atoms with van der Waals surface area (Å²) >= 11 is 12.3. The minimum absolute atomic E-state index is 0.0170. The molecule has 38 heteroatoms. The summed E-state index contributed by atoms with van der Waals surface area (Å²) in [6.07, 6.45) is 4.06. The van der Waals surface area contributed by atoms with Crippen molar-refractivity contribution >= 4 is 72.8 Å². The molecule has 0 atom stereocenters. The lowest BCUT2D eigenvalue weighted by atomic mass is 9.85. The Hall–Kier alpha value is -9.20. The van der Waals surface area contributed by atoms with Gasteiger partial charge >= 0.3 is 12.4 Å². The minimum atomic E-state index is -4.63. The first-order valence-electron chi connectivity index (χ1n) is 40.7. The van der Waals surface area contributed by atoms with Crippen LogP contribution in [-0.2, 0) is 89.1 Å². The van der Waals surface area contributed by atoms with Crippen LogP contribution in [-0.4, -0.2) is 222 Å². The van der Waals surface area contributed by atoms with E-state index in [1.54, 1.807) is 44.7 Å². The number of benzene rings is 4. The first kappa shape index (κ1) is 88.1. The lowest BCUT2D eigenvalue weighted by Crippen LogP contribution is -2.43. The molecule has 0 unspecified atom stereocenters. The molecule has 0 radical (unpaired) electrons. The van der Waals surface area contributed by atoms with Crippen molar-refractivity contribution in [3.63, 3.8) is 0 Å². The van der Waals surface area contributed by atoms with Gasteiger partial charge in [-0.1, -0.05) is 71.6 Å². The molecular formula is C83H95Cl2F9N16O9S2. The number of rotatable bonds is 11. The van der Waals surface area contributed by atoms with Gasteiger partial charge in [0.1, 0.15) is 17.5 Å². The average Bonchev–Trinajstić information content (AvgIpc) is 1.27. The monoisotopic (exact) mass is 1760 g/mol. The molecular weight excluding hydrogens is 1670 g/mol. The van der Waals surface area contributed by atoms with Crippen LogP contribution in [0.1, 0.15) is 227 Å². The maximum absolute atomic E-state index is 14.3. The molecule has 4 aromatic carbocycles. The Balaban J connectivity index is 0.000000132. The number of hydrogen-bond acceptors (Lipinski definition) is 14. The van der Waals surface area contributed by atoms with Crippen LogP contribution in [0.4, 0.5) is 39.5 Å². The molecule has 121 heavy (non-hydrogen) atoms. The highest BCUT2D eigenvalue weighted by Crippen LogP contribution is 2.43. The first-order valence-corrected chi connectivity index (χ1v) is 45.2. The lowest BCUT2D eigenvalue weighted by Gasteiger charge is -2.39. The zero-order valence-corrected chi connectivity index (χ0v) is 70.4. The van der Waals surface area contributed by atoms with Gasteiger partial charge in [0.25, 0.3) is 23.6 Å². The third-order valence-electron chi connectivity index (χ3n) is 25.1. The summed E-state index contributed by atoms with van der Waals surface area (Å²) in [6.45, 7) is 10.4. The molecule has 4 N–H and O–H groups in total. The maximum atomic E-state index is 14.3. The molecule has 1 aliphatic carbocycles. The van der Waals surface area contributed by atoms with Gasteiger partial charge in [0.05, 0.1) is 51.6 Å². The molecule has 8 aliphatic heterocycles. The number of likely N-dealkylation sites (tertiary alicyclic amines) is 4. The van der Waals surface area contributed by atoms with Crippen LogP contribution in [0.25, 0.3) is 0 Å². The number of carbonyl (C=O) groups excluding carboxylic acids is 5. The van der Waals surface area contributed by atoms with Crippen molar-refractivity contribution in [3.05, 3.63) is 207 Å². The van der Waals surface area contributed by atoms with Crippen molar-refractivity contribution in [1.29, 1.82) is 0 Å². The van der Waals surface area contributed by atoms with Crippen molar-refractivity contribution in [3.8, 4) is 0 Å². The van der Waals surface area contributed by atoms with Crippen LogP contribution in [0.15, 0.2) is 72.8 Å². The van der Waals surface area contributed by atoms with E-state index >= 15 is 0 Å². The number of piperidine rings is 4. The summed E-state index contributed by atoms with van der Waals surface area (Å²) < 4.78 is 172. The number of nitrogens with one attached hydrogen (secondary N) is 4. The smallest absolute Gasteiger partial charge is 0.337 e. The fraction of sp³-hybridized carbons (Fsp3) is 0.506. The number of hydrogen-bond donors (Lipinski definition) is 4. The van der Waals surface area contributed by atoms with Crippen molar-refractivity contribution < 1.29 is 80.3 Å². The number of fused-ring (bicyclic) bond motifs is 4. The topological polar surface area (TPSA) is 294 Å². The molecule has 0 spiro atoms. The summed E-state index contributed by atoms with van der Waals surface area (Å²) in [7, 11) is -6.72. The van der Waals surface area contributed by atoms with E-state index in [9.17, 15) is 80.3 Å². The molecule has 5 amide bonds. The largest absolute Gasteiger partial charge is 0.416 e. The van der Waals surface area contributed by atoms with Crippen molar-refractivity contribution in [2.24, 2.45) is 0 Å². The van der Waals surface area contributed by atoms with Gasteiger partial charge in [-0.05, 0) is 161 Å². The van der Waals surface area contributed by atoms with E-state index in [1.807, 2.05) is 17.0 Å². The lowest BCUT2D eigenvalue weighted by molar-refractivity contribution is -0.139. The van der Waals surface area contributed by atoms with Crippen LogP contribution in [0.3, 0.4) is 0 Å². The number of H-pyrrole nitrogens is 4. The SMILES string of the molecule is CC(=O)N1CCc2c(C(=O)N3CCC(c4c(F)cccc4C(F)(F)F)CC3)n[nH]c2C1.CS(=O)(=O)N1CCc2[nH]nc(C(=O)N3CCC(c4cccc(F)c4Cl)CC3)c2C1.Cc1cc(C2CCN(C(=O)c3n[nH]c4c3CN(S(C)(=O)=O)CC4)CC2)cc(C(F)(F)F)c1.O=C(c1n[nH]c2c1CCN(C1CCC1)C2)N1CCC(c2cccc(F)c2Cl)CC1. The minimum Gasteiger partial charge on any atom is -0.337 e. The van der Waals surface area contributed by atoms with E-state index in [-0.39, 0.29) is 119 Å². The van der Waals surface area contributed by atoms with Crippen LogP contribution >= 0.6 is 23.2 Å². The van der Waals surface area contributed by atoms with Crippen LogP contribution in [0.2, 0.25) is 10.0 Å². The summed E-state index contributed by atoms with van der Waals surface area (Å²) in [5, 5.41) is 29.0. The van der Waals surface area contributed by atoms with E-state index in [1.165, 1.54) is 59.3 Å². The number of halogens is 11. The number of amides is 5. The molecule has 5 fully saturated rings. The number of aryl methyl sites for hydroxylation is 1. The molecule has 8 aromatic rings. The molecule has 4 aromatic heterocycles. The zero-order chi connectivity index (χ0) is 86.3. The number of carbonyl (C=O) groups is 5. The third kappa shape index (κ3) is 19.6. The van der Waals surface area contributed by atoms with Gasteiger partial charge in [-0.2, -0.15) is 55.3 Å². The van der Waals surface area contributed by atoms with Gasteiger partial charge in [-0.25, -0.2) is 30.0 Å². The fourth-order valence-electron chi connectivity index (χ4n) is 18.1. The van der Waals surface area contributed by atoms with Gasteiger partial charge in [-0.3, -0.25) is 49.3 Å². The number of alkyl halides is 6. The Morgan fingerprint density at radius 3 is 1.24 bits per heavy atom. The molecule has 0 bridgehead atoms. The molecule has 25 nitrogen and oxygen atoms in total. The average molecular weight is 1770 g/mol. The second-order valence-electron chi connectivity index (χ2n) is 32.7. The summed E-state index contributed by atoms with van der Waals surface area (Å²) in [5.74, 6) is -2.88. The highest BCUT2D eigenvalue weighted by atomic mass is 35.5. The predicted molar refractivity (Wildman–Crippen MR) is 431 cm³/mol. The standard InChI is InChI=1S/C22H26ClFN4O.C21H22F4N4O2.C21H25F3N4O3S.C19H22ClFN4O3S/c23-20-16(5-2-6-18(20)24)14-7-10-27(11-8-14)22(29)21-17-9-12-28(15-3-1-4-15)13-19(17)25-26-21;1-12(30)29-10-7-14-17(11-29)26-27-19(14)20(31)28-8-5-13(6-9-28)18-15(21(23,24)25)3-2-4-16(18)22;1-13-9-15(11-16(10-13)21(22,23)24)14-3-6-27(7-4-14)20(29)19-17-12-28(32(2,30)31)8-5-18(17)25-26-19;1-29(27,28)25-10-7-16-14(11-25)18(23-22-16)19(26)24-8-5-12(6-9-24)13-3-2-4-15(21)17(13)20/h2,5-6,14-15H,1,3-4,7-13H2,(H,25,26);2-4,13H,5-11H2,1H3,(H,26,27);9-11,14H,3-8,12H2,1-2H3,(H,25,26);2-4,12H,5-11H2,1H3,(H,22,23). The molecule has 4 saturated heterocycles. The molecule has 17 rings (SSSR count). The number of sulfonamides is 2. The Kier molecular flexibility index (Phi) is 26.4. The normalized spacial score (nSPS) is 19.0.